The maximum absolute atomic E-state index is 12.7. The van der Waals surface area contributed by atoms with Crippen molar-refractivity contribution in [1.82, 2.24) is 14.9 Å². The van der Waals surface area contributed by atoms with Crippen LogP contribution in [0.1, 0.15) is 23.0 Å². The van der Waals surface area contributed by atoms with Crippen LogP contribution in [0.5, 0.6) is 0 Å². The van der Waals surface area contributed by atoms with Gasteiger partial charge in [-0.25, -0.2) is 14.8 Å². The summed E-state index contributed by atoms with van der Waals surface area (Å²) >= 11 is 3.22. The number of anilines is 1. The Hall–Kier alpha value is -2.78. The number of carbonyl (C=O) groups is 2. The lowest BCUT2D eigenvalue weighted by Gasteiger charge is -2.35. The molecule has 1 aliphatic heterocycles. The van der Waals surface area contributed by atoms with Crippen molar-refractivity contribution in [3.8, 4) is 10.6 Å². The zero-order valence-electron chi connectivity index (χ0n) is 16.6. The Morgan fingerprint density at radius 1 is 1.13 bits per heavy atom. The average Bonchev–Trinajstić information content (AvgIpc) is 3.46. The van der Waals surface area contributed by atoms with E-state index in [9.17, 15) is 9.59 Å². The Labute approximate surface area is 183 Å². The number of amides is 1. The Kier molecular flexibility index (Phi) is 6.39. The molecule has 3 aromatic heterocycles. The molecule has 1 amide bonds. The molecule has 0 spiro atoms. The van der Waals surface area contributed by atoms with Gasteiger partial charge in [-0.1, -0.05) is 0 Å². The number of rotatable bonds is 6. The number of esters is 1. The lowest BCUT2D eigenvalue weighted by molar-refractivity contribution is -0.130. The summed E-state index contributed by atoms with van der Waals surface area (Å²) in [7, 11) is 0. The molecule has 4 heterocycles. The first-order valence-corrected chi connectivity index (χ1v) is 11.6. The van der Waals surface area contributed by atoms with Crippen molar-refractivity contribution in [3.63, 3.8) is 0 Å². The van der Waals surface area contributed by atoms with Crippen LogP contribution in [0, 0.1) is 0 Å². The smallest absolute Gasteiger partial charge is 0.339 e. The molecule has 1 aliphatic rings. The molecular weight excluding hydrogens is 420 g/mol. The monoisotopic (exact) mass is 442 g/mol. The van der Waals surface area contributed by atoms with Crippen molar-refractivity contribution in [2.45, 2.75) is 13.3 Å². The SMILES string of the molecule is CCOC(=O)c1ccc(N2CCN(C(=O)Cc3csc(-c4ccsc4)n3)CC2)nc1. The quantitative estimate of drug-likeness (QED) is 0.545. The molecule has 0 N–H and O–H groups in total. The lowest BCUT2D eigenvalue weighted by Crippen LogP contribution is -2.49. The Morgan fingerprint density at radius 2 is 1.97 bits per heavy atom. The molecule has 9 heteroatoms. The molecule has 0 atom stereocenters. The van der Waals surface area contributed by atoms with Crippen LogP contribution in [0.3, 0.4) is 0 Å². The van der Waals surface area contributed by atoms with E-state index in [1.807, 2.05) is 27.8 Å². The van der Waals surface area contributed by atoms with Gasteiger partial charge in [0.25, 0.3) is 0 Å². The van der Waals surface area contributed by atoms with Crippen LogP contribution in [0.25, 0.3) is 10.6 Å². The zero-order chi connectivity index (χ0) is 20.9. The molecule has 0 saturated carbocycles. The van der Waals surface area contributed by atoms with Crippen molar-refractivity contribution in [2.75, 3.05) is 37.7 Å². The van der Waals surface area contributed by atoms with Crippen molar-refractivity contribution < 1.29 is 14.3 Å². The molecule has 3 aromatic rings. The van der Waals surface area contributed by atoms with Crippen LogP contribution >= 0.6 is 22.7 Å². The van der Waals surface area contributed by atoms with Gasteiger partial charge in [-0.05, 0) is 30.5 Å². The van der Waals surface area contributed by atoms with Gasteiger partial charge in [-0.3, -0.25) is 4.79 Å². The summed E-state index contributed by atoms with van der Waals surface area (Å²) in [5, 5.41) is 7.02. The van der Waals surface area contributed by atoms with Crippen LogP contribution in [0.15, 0.2) is 40.5 Å². The van der Waals surface area contributed by atoms with Gasteiger partial charge in [0.1, 0.15) is 10.8 Å². The van der Waals surface area contributed by atoms with E-state index in [2.05, 4.69) is 20.2 Å². The summed E-state index contributed by atoms with van der Waals surface area (Å²) < 4.78 is 4.98. The third-order valence-corrected chi connectivity index (χ3v) is 6.49. The minimum atomic E-state index is -0.365. The highest BCUT2D eigenvalue weighted by atomic mass is 32.1. The largest absolute Gasteiger partial charge is 0.462 e. The molecule has 0 aliphatic carbocycles. The highest BCUT2D eigenvalue weighted by Gasteiger charge is 2.23. The average molecular weight is 443 g/mol. The molecule has 30 heavy (non-hydrogen) atoms. The van der Waals surface area contributed by atoms with Gasteiger partial charge in [0.05, 0.1) is 24.3 Å². The maximum Gasteiger partial charge on any atom is 0.339 e. The summed E-state index contributed by atoms with van der Waals surface area (Å²) in [6.45, 7) is 4.80. The normalized spacial score (nSPS) is 14.0. The van der Waals surface area contributed by atoms with Gasteiger partial charge in [0.2, 0.25) is 5.91 Å². The number of hydrogen-bond donors (Lipinski definition) is 0. The molecule has 1 saturated heterocycles. The van der Waals surface area contributed by atoms with E-state index in [0.717, 1.165) is 22.1 Å². The number of pyridine rings is 1. The molecule has 4 rings (SSSR count). The lowest BCUT2D eigenvalue weighted by atomic mass is 10.2. The second-order valence-corrected chi connectivity index (χ2v) is 8.46. The van der Waals surface area contributed by atoms with Gasteiger partial charge < -0.3 is 14.5 Å². The topological polar surface area (TPSA) is 75.6 Å². The number of ether oxygens (including phenoxy) is 1. The van der Waals surface area contributed by atoms with Crippen molar-refractivity contribution >= 4 is 40.4 Å². The molecule has 7 nitrogen and oxygen atoms in total. The van der Waals surface area contributed by atoms with Crippen molar-refractivity contribution in [2.24, 2.45) is 0 Å². The van der Waals surface area contributed by atoms with Crippen molar-refractivity contribution in [1.29, 1.82) is 0 Å². The van der Waals surface area contributed by atoms with E-state index in [4.69, 9.17) is 4.74 Å². The van der Waals surface area contributed by atoms with E-state index in [0.29, 0.717) is 44.8 Å². The second-order valence-electron chi connectivity index (χ2n) is 6.83. The third kappa shape index (κ3) is 4.68. The number of thiazole rings is 1. The van der Waals surface area contributed by atoms with Gasteiger partial charge in [0.15, 0.2) is 0 Å². The fraction of sp³-hybridized carbons (Fsp3) is 0.333. The number of hydrogen-bond acceptors (Lipinski definition) is 8. The maximum atomic E-state index is 12.7. The number of piperazine rings is 1. The highest BCUT2D eigenvalue weighted by molar-refractivity contribution is 7.14. The van der Waals surface area contributed by atoms with Gasteiger partial charge in [0, 0.05) is 48.7 Å². The van der Waals surface area contributed by atoms with Gasteiger partial charge in [-0.2, -0.15) is 11.3 Å². The minimum absolute atomic E-state index is 0.0995. The van der Waals surface area contributed by atoms with Crippen LogP contribution in [0.4, 0.5) is 5.82 Å². The third-order valence-electron chi connectivity index (χ3n) is 4.87. The fourth-order valence-electron chi connectivity index (χ4n) is 3.27. The van der Waals surface area contributed by atoms with E-state index < -0.39 is 0 Å². The molecule has 0 bridgehead atoms. The van der Waals surface area contributed by atoms with Crippen LogP contribution in [0.2, 0.25) is 0 Å². The standard InChI is InChI=1S/C21H22N4O3S2/c1-2-28-21(27)15-3-4-18(22-12-15)24-6-8-25(9-7-24)19(26)11-17-14-30-20(23-17)16-5-10-29-13-16/h3-5,10,12-14H,2,6-9,11H2,1H3. The molecule has 0 radical (unpaired) electrons. The number of aromatic nitrogens is 2. The van der Waals surface area contributed by atoms with E-state index in [1.54, 1.807) is 35.7 Å². The first-order chi connectivity index (χ1) is 14.6. The summed E-state index contributed by atoms with van der Waals surface area (Å²) in [6, 6.07) is 5.60. The molecule has 0 unspecified atom stereocenters. The minimum Gasteiger partial charge on any atom is -0.462 e. The Morgan fingerprint density at radius 3 is 2.63 bits per heavy atom. The summed E-state index contributed by atoms with van der Waals surface area (Å²) in [5.74, 6) is 0.536. The Balaban J connectivity index is 1.30. The fourth-order valence-corrected chi connectivity index (χ4v) is 4.80. The number of carbonyl (C=O) groups excluding carboxylic acids is 2. The summed E-state index contributed by atoms with van der Waals surface area (Å²) in [5.41, 5.74) is 2.38. The van der Waals surface area contributed by atoms with E-state index in [1.165, 1.54) is 6.20 Å². The summed E-state index contributed by atoms with van der Waals surface area (Å²) in [6.07, 6.45) is 1.87. The van der Waals surface area contributed by atoms with Crippen molar-refractivity contribution in [3.05, 3.63) is 51.8 Å². The number of nitrogens with zero attached hydrogens (tertiary/aromatic N) is 4. The van der Waals surface area contributed by atoms with Crippen LogP contribution in [-0.4, -0.2) is 59.5 Å². The van der Waals surface area contributed by atoms with E-state index >= 15 is 0 Å². The Bertz CT molecular complexity index is 994. The molecular formula is C21H22N4O3S2. The van der Waals surface area contributed by atoms with Crippen LogP contribution in [-0.2, 0) is 16.0 Å². The second kappa shape index (κ2) is 9.36. The molecule has 0 aromatic carbocycles. The summed E-state index contributed by atoms with van der Waals surface area (Å²) in [4.78, 5) is 37.4. The van der Waals surface area contributed by atoms with Gasteiger partial charge >= 0.3 is 5.97 Å². The molecule has 156 valence electrons. The first kappa shape index (κ1) is 20.5. The first-order valence-electron chi connectivity index (χ1n) is 9.77. The zero-order valence-corrected chi connectivity index (χ0v) is 18.2. The van der Waals surface area contributed by atoms with Crippen LogP contribution < -0.4 is 4.90 Å². The van der Waals surface area contributed by atoms with Gasteiger partial charge in [-0.15, -0.1) is 11.3 Å². The predicted molar refractivity (Wildman–Crippen MR) is 118 cm³/mol. The molecule has 1 fully saturated rings. The highest BCUT2D eigenvalue weighted by Crippen LogP contribution is 2.26. The number of thiophene rings is 1. The van der Waals surface area contributed by atoms with E-state index in [-0.39, 0.29) is 11.9 Å². The predicted octanol–water partition coefficient (Wildman–Crippen LogP) is 3.33.